The van der Waals surface area contributed by atoms with Crippen LogP contribution in [-0.4, -0.2) is 38.5 Å². The predicted octanol–water partition coefficient (Wildman–Crippen LogP) is 4.22. The number of ether oxygens (including phenoxy) is 2. The average molecular weight is 378 g/mol. The van der Waals surface area contributed by atoms with Gasteiger partial charge in [0.1, 0.15) is 0 Å². The molecule has 6 nitrogen and oxygen atoms in total. The van der Waals surface area contributed by atoms with Crippen molar-refractivity contribution in [3.05, 3.63) is 42.5 Å². The van der Waals surface area contributed by atoms with Crippen molar-refractivity contribution in [3.8, 4) is 22.9 Å². The molecule has 4 aromatic rings. The molecule has 0 saturated carbocycles. The van der Waals surface area contributed by atoms with Gasteiger partial charge in [0.25, 0.3) is 0 Å². The van der Waals surface area contributed by atoms with Crippen LogP contribution in [0.15, 0.2) is 47.6 Å². The molecule has 0 spiro atoms. The summed E-state index contributed by atoms with van der Waals surface area (Å²) in [6, 6.07) is 13.9. The van der Waals surface area contributed by atoms with Crippen LogP contribution in [0.1, 0.15) is 13.3 Å². The Kier molecular flexibility index (Phi) is 4.09. The quantitative estimate of drug-likeness (QED) is 0.393. The lowest BCUT2D eigenvalue weighted by Gasteiger charge is -2.07. The van der Waals surface area contributed by atoms with Crippen molar-refractivity contribution >= 4 is 28.3 Å². The van der Waals surface area contributed by atoms with Crippen LogP contribution in [0.25, 0.3) is 27.9 Å². The standard InChI is InChI=1S/C20H18N4O2S/c1-2-27-20-21-15-7-4-3-6-14(15)19-22-18(23-24(19)20)13-8-9-16-17(12-13)26-11-5-10-25-16/h3-4,6-9,12H,2,5,10-11H2,1H3. The highest BCUT2D eigenvalue weighted by molar-refractivity contribution is 7.99. The highest BCUT2D eigenvalue weighted by Gasteiger charge is 2.17. The molecule has 136 valence electrons. The lowest BCUT2D eigenvalue weighted by molar-refractivity contribution is 0.297. The zero-order chi connectivity index (χ0) is 18.2. The maximum atomic E-state index is 5.81. The van der Waals surface area contributed by atoms with Gasteiger partial charge in [0.15, 0.2) is 28.1 Å². The van der Waals surface area contributed by atoms with Crippen LogP contribution in [0.3, 0.4) is 0 Å². The minimum atomic E-state index is 0.654. The van der Waals surface area contributed by atoms with Crippen LogP contribution in [0.4, 0.5) is 0 Å². The SMILES string of the molecule is CCSc1nc2ccccc2c2nc(-c3ccc4c(c3)OCCCO4)nn12. The van der Waals surface area contributed by atoms with E-state index in [0.29, 0.717) is 19.0 Å². The number of fused-ring (bicyclic) bond motifs is 4. The molecule has 7 heteroatoms. The lowest BCUT2D eigenvalue weighted by atomic mass is 10.2. The normalized spacial score (nSPS) is 13.8. The van der Waals surface area contributed by atoms with Crippen LogP contribution in [0, 0.1) is 0 Å². The Morgan fingerprint density at radius 3 is 2.78 bits per heavy atom. The summed E-state index contributed by atoms with van der Waals surface area (Å²) in [7, 11) is 0. The molecule has 3 heterocycles. The summed E-state index contributed by atoms with van der Waals surface area (Å²) in [6.45, 7) is 3.43. The first kappa shape index (κ1) is 16.4. The van der Waals surface area contributed by atoms with Gasteiger partial charge in [0.05, 0.1) is 18.7 Å². The van der Waals surface area contributed by atoms with Crippen LogP contribution in [0.5, 0.6) is 11.5 Å². The summed E-state index contributed by atoms with van der Waals surface area (Å²) >= 11 is 1.66. The predicted molar refractivity (Wildman–Crippen MR) is 106 cm³/mol. The second kappa shape index (κ2) is 6.74. The van der Waals surface area contributed by atoms with Gasteiger partial charge >= 0.3 is 0 Å². The Morgan fingerprint density at radius 2 is 1.89 bits per heavy atom. The summed E-state index contributed by atoms with van der Waals surface area (Å²) in [6.07, 6.45) is 0.881. The van der Waals surface area contributed by atoms with Gasteiger partial charge in [0, 0.05) is 17.4 Å². The third-order valence-electron chi connectivity index (χ3n) is 4.43. The Labute approximate surface area is 160 Å². The smallest absolute Gasteiger partial charge is 0.191 e. The summed E-state index contributed by atoms with van der Waals surface area (Å²) in [5.41, 5.74) is 2.65. The Morgan fingerprint density at radius 1 is 1.04 bits per heavy atom. The van der Waals surface area contributed by atoms with E-state index in [1.165, 1.54) is 0 Å². The lowest BCUT2D eigenvalue weighted by Crippen LogP contribution is -1.98. The fraction of sp³-hybridized carbons (Fsp3) is 0.250. The van der Waals surface area contributed by atoms with Crippen LogP contribution < -0.4 is 9.47 Å². The average Bonchev–Trinajstić information content (AvgIpc) is 3.02. The van der Waals surface area contributed by atoms with Gasteiger partial charge in [-0.15, -0.1) is 5.10 Å². The second-order valence-corrected chi connectivity index (χ2v) is 7.46. The van der Waals surface area contributed by atoms with E-state index in [1.54, 1.807) is 11.8 Å². The first-order valence-electron chi connectivity index (χ1n) is 9.02. The number of thioether (sulfide) groups is 1. The largest absolute Gasteiger partial charge is 0.490 e. The number of hydrogen-bond acceptors (Lipinski definition) is 6. The van der Waals surface area contributed by atoms with E-state index in [2.05, 4.69) is 6.92 Å². The summed E-state index contributed by atoms with van der Waals surface area (Å²) < 4.78 is 13.4. The molecule has 0 amide bonds. The van der Waals surface area contributed by atoms with Gasteiger partial charge in [-0.25, -0.2) is 9.97 Å². The second-order valence-electron chi connectivity index (χ2n) is 6.23. The molecule has 1 aliphatic rings. The van der Waals surface area contributed by atoms with Crippen molar-refractivity contribution < 1.29 is 9.47 Å². The third-order valence-corrected chi connectivity index (χ3v) is 5.24. The van der Waals surface area contributed by atoms with E-state index in [1.807, 2.05) is 47.0 Å². The molecule has 2 aromatic carbocycles. The van der Waals surface area contributed by atoms with E-state index in [0.717, 1.165) is 50.9 Å². The van der Waals surface area contributed by atoms with Crippen molar-refractivity contribution in [1.29, 1.82) is 0 Å². The molecule has 0 unspecified atom stereocenters. The molecule has 0 bridgehead atoms. The number of benzene rings is 2. The fourth-order valence-corrected chi connectivity index (χ4v) is 3.85. The van der Waals surface area contributed by atoms with Gasteiger partial charge in [0.2, 0.25) is 0 Å². The minimum absolute atomic E-state index is 0.654. The van der Waals surface area contributed by atoms with Crippen molar-refractivity contribution in [1.82, 2.24) is 19.6 Å². The third kappa shape index (κ3) is 2.88. The fourth-order valence-electron chi connectivity index (χ4n) is 3.18. The van der Waals surface area contributed by atoms with Gasteiger partial charge in [-0.3, -0.25) is 0 Å². The molecule has 1 aliphatic heterocycles. The van der Waals surface area contributed by atoms with Gasteiger partial charge in [-0.1, -0.05) is 30.8 Å². The Hall–Kier alpha value is -2.80. The minimum Gasteiger partial charge on any atom is -0.490 e. The van der Waals surface area contributed by atoms with E-state index in [4.69, 9.17) is 24.5 Å². The van der Waals surface area contributed by atoms with Crippen LogP contribution in [0.2, 0.25) is 0 Å². The van der Waals surface area contributed by atoms with Crippen molar-refractivity contribution in [2.24, 2.45) is 0 Å². The highest BCUT2D eigenvalue weighted by Crippen LogP contribution is 2.34. The molecular formula is C20H18N4O2S. The number of rotatable bonds is 3. The molecule has 0 atom stereocenters. The monoisotopic (exact) mass is 378 g/mol. The first-order chi connectivity index (χ1) is 13.3. The van der Waals surface area contributed by atoms with Gasteiger partial charge < -0.3 is 9.47 Å². The van der Waals surface area contributed by atoms with Crippen LogP contribution in [-0.2, 0) is 0 Å². The maximum Gasteiger partial charge on any atom is 0.191 e. The number of aromatic nitrogens is 4. The first-order valence-corrected chi connectivity index (χ1v) is 10.0. The number of hydrogen-bond donors (Lipinski definition) is 0. The molecule has 0 N–H and O–H groups in total. The molecule has 5 rings (SSSR count). The summed E-state index contributed by atoms with van der Waals surface area (Å²) in [5.74, 6) is 3.09. The molecule has 0 saturated heterocycles. The molecule has 27 heavy (non-hydrogen) atoms. The van der Waals surface area contributed by atoms with Crippen molar-refractivity contribution in [2.45, 2.75) is 18.5 Å². The number of nitrogens with zero attached hydrogens (tertiary/aromatic N) is 4. The van der Waals surface area contributed by atoms with E-state index < -0.39 is 0 Å². The summed E-state index contributed by atoms with van der Waals surface area (Å²) in [5, 5.41) is 6.59. The molecule has 0 radical (unpaired) electrons. The number of para-hydroxylation sites is 1. The molecule has 2 aromatic heterocycles. The van der Waals surface area contributed by atoms with E-state index >= 15 is 0 Å². The zero-order valence-corrected chi connectivity index (χ0v) is 15.7. The molecule has 0 fully saturated rings. The highest BCUT2D eigenvalue weighted by atomic mass is 32.2. The maximum absolute atomic E-state index is 5.81. The van der Waals surface area contributed by atoms with E-state index in [9.17, 15) is 0 Å². The van der Waals surface area contributed by atoms with Crippen molar-refractivity contribution in [2.75, 3.05) is 19.0 Å². The Bertz CT molecular complexity index is 1140. The van der Waals surface area contributed by atoms with Crippen molar-refractivity contribution in [3.63, 3.8) is 0 Å². The van der Waals surface area contributed by atoms with Crippen LogP contribution >= 0.6 is 11.8 Å². The zero-order valence-electron chi connectivity index (χ0n) is 14.9. The van der Waals surface area contributed by atoms with E-state index in [-0.39, 0.29) is 0 Å². The topological polar surface area (TPSA) is 61.5 Å². The molecule has 0 aliphatic carbocycles. The Balaban J connectivity index is 1.69. The van der Waals surface area contributed by atoms with Gasteiger partial charge in [-0.05, 0) is 36.1 Å². The molecular weight excluding hydrogens is 360 g/mol. The van der Waals surface area contributed by atoms with Gasteiger partial charge in [-0.2, -0.15) is 4.52 Å². The summed E-state index contributed by atoms with van der Waals surface area (Å²) in [4.78, 5) is 9.59.